The molecule has 1 atom stereocenters. The Morgan fingerprint density at radius 3 is 2.17 bits per heavy atom. The molecule has 0 bridgehead atoms. The van der Waals surface area contributed by atoms with Crippen molar-refractivity contribution in [3.63, 3.8) is 0 Å². The summed E-state index contributed by atoms with van der Waals surface area (Å²) >= 11 is 0. The van der Waals surface area contributed by atoms with E-state index in [9.17, 15) is 19.2 Å². The minimum Gasteiger partial charge on any atom is -0.460 e. The van der Waals surface area contributed by atoms with E-state index in [-0.39, 0.29) is 50.1 Å². The number of carbonyl (C=O) groups excluding carboxylic acids is 4. The van der Waals surface area contributed by atoms with Gasteiger partial charge in [-0.3, -0.25) is 14.4 Å². The van der Waals surface area contributed by atoms with Crippen molar-refractivity contribution < 1.29 is 28.7 Å². The third kappa shape index (κ3) is 10.8. The van der Waals surface area contributed by atoms with Gasteiger partial charge in [0.2, 0.25) is 5.91 Å². The van der Waals surface area contributed by atoms with Crippen molar-refractivity contribution in [3.8, 4) is 11.4 Å². The van der Waals surface area contributed by atoms with E-state index >= 15 is 0 Å². The van der Waals surface area contributed by atoms with E-state index in [2.05, 4.69) is 20.6 Å². The van der Waals surface area contributed by atoms with Gasteiger partial charge in [0.15, 0.2) is 5.82 Å². The first-order valence-corrected chi connectivity index (χ1v) is 16.0. The third-order valence-electron chi connectivity index (χ3n) is 7.32. The number of amides is 3. The number of piperazine rings is 1. The highest BCUT2D eigenvalue weighted by molar-refractivity contribution is 5.97. The summed E-state index contributed by atoms with van der Waals surface area (Å²) < 4.78 is 10.5. The van der Waals surface area contributed by atoms with E-state index in [4.69, 9.17) is 9.47 Å². The van der Waals surface area contributed by atoms with E-state index in [1.165, 1.54) is 0 Å². The lowest BCUT2D eigenvalue weighted by Gasteiger charge is -2.36. The molecule has 2 heterocycles. The van der Waals surface area contributed by atoms with E-state index in [1.54, 1.807) is 43.6 Å². The second-order valence-corrected chi connectivity index (χ2v) is 12.2. The van der Waals surface area contributed by atoms with E-state index < -0.39 is 23.6 Å². The second-order valence-electron chi connectivity index (χ2n) is 12.2. The molecule has 47 heavy (non-hydrogen) atoms. The molecule has 1 fully saturated rings. The zero-order valence-electron chi connectivity index (χ0n) is 27.5. The minimum absolute atomic E-state index is 0.0893. The fourth-order valence-corrected chi connectivity index (χ4v) is 5.04. The Kier molecular flexibility index (Phi) is 12.3. The number of carbonyl (C=O) groups is 4. The standard InChI is InChI=1S/C35H44N6O6/c1-5-46-34(45)41-21-19-40(20-22-41)33(44)27(17-12-18-30(42)47-35(2,3)4)38-32(43)28-23-29(36-24-25-13-8-6-9-14-25)39-31(37-28)26-15-10-7-11-16-26/h6-11,13-16,23,27H,5,12,17-22,24H2,1-4H3,(H,38,43)(H,36,37,39)/t27-/m0/s1. The van der Waals surface area contributed by atoms with Crippen molar-refractivity contribution in [1.82, 2.24) is 25.1 Å². The van der Waals surface area contributed by atoms with Crippen LogP contribution < -0.4 is 10.6 Å². The molecule has 250 valence electrons. The van der Waals surface area contributed by atoms with Crippen LogP contribution in [0.1, 0.15) is 63.0 Å². The van der Waals surface area contributed by atoms with Gasteiger partial charge in [0.25, 0.3) is 5.91 Å². The number of ether oxygens (including phenoxy) is 2. The monoisotopic (exact) mass is 644 g/mol. The molecule has 1 aromatic heterocycles. The molecule has 2 aromatic carbocycles. The van der Waals surface area contributed by atoms with Gasteiger partial charge < -0.3 is 29.9 Å². The number of aromatic nitrogens is 2. The van der Waals surface area contributed by atoms with Gasteiger partial charge in [0.05, 0.1) is 6.61 Å². The van der Waals surface area contributed by atoms with Crippen molar-refractivity contribution >= 4 is 29.7 Å². The highest BCUT2D eigenvalue weighted by Crippen LogP contribution is 2.20. The summed E-state index contributed by atoms with van der Waals surface area (Å²) in [5, 5.41) is 6.16. The Hall–Kier alpha value is -5.00. The van der Waals surface area contributed by atoms with Crippen molar-refractivity contribution in [3.05, 3.63) is 78.0 Å². The highest BCUT2D eigenvalue weighted by atomic mass is 16.6. The Labute approximate surface area is 275 Å². The predicted molar refractivity (Wildman–Crippen MR) is 177 cm³/mol. The lowest BCUT2D eigenvalue weighted by molar-refractivity contribution is -0.155. The summed E-state index contributed by atoms with van der Waals surface area (Å²) in [6.45, 7) is 9.07. The number of hydrogen-bond acceptors (Lipinski definition) is 9. The molecule has 1 aliphatic heterocycles. The van der Waals surface area contributed by atoms with E-state index in [1.807, 2.05) is 60.7 Å². The molecule has 1 saturated heterocycles. The fourth-order valence-electron chi connectivity index (χ4n) is 5.04. The number of benzene rings is 2. The molecular formula is C35H44N6O6. The molecule has 0 spiro atoms. The minimum atomic E-state index is -0.935. The van der Waals surface area contributed by atoms with Gasteiger partial charge in [-0.05, 0) is 46.1 Å². The van der Waals surface area contributed by atoms with Crippen LogP contribution in [-0.4, -0.2) is 88.1 Å². The summed E-state index contributed by atoms with van der Waals surface area (Å²) in [6, 6.07) is 19.8. The normalized spacial score (nSPS) is 13.8. The zero-order chi connectivity index (χ0) is 33.8. The van der Waals surface area contributed by atoms with Crippen LogP contribution in [-0.2, 0) is 25.6 Å². The van der Waals surface area contributed by atoms with E-state index in [0.717, 1.165) is 11.1 Å². The van der Waals surface area contributed by atoms with Gasteiger partial charge in [0.1, 0.15) is 23.2 Å². The van der Waals surface area contributed by atoms with Crippen LogP contribution in [0.15, 0.2) is 66.7 Å². The molecule has 3 aromatic rings. The molecule has 0 unspecified atom stereocenters. The lowest BCUT2D eigenvalue weighted by atomic mass is 10.1. The number of hydrogen-bond donors (Lipinski definition) is 2. The number of anilines is 1. The maximum Gasteiger partial charge on any atom is 0.409 e. The van der Waals surface area contributed by atoms with Crippen molar-refractivity contribution in [2.24, 2.45) is 0 Å². The molecule has 4 rings (SSSR count). The summed E-state index contributed by atoms with van der Waals surface area (Å²) in [6.07, 6.45) is 0.193. The van der Waals surface area contributed by atoms with Gasteiger partial charge in [0, 0.05) is 50.8 Å². The van der Waals surface area contributed by atoms with Crippen LogP contribution in [0.2, 0.25) is 0 Å². The molecule has 2 N–H and O–H groups in total. The van der Waals surface area contributed by atoms with Gasteiger partial charge in [-0.2, -0.15) is 0 Å². The van der Waals surface area contributed by atoms with Crippen LogP contribution in [0.4, 0.5) is 10.6 Å². The average Bonchev–Trinajstić information content (AvgIpc) is 3.06. The molecule has 12 nitrogen and oxygen atoms in total. The van der Waals surface area contributed by atoms with Crippen LogP contribution >= 0.6 is 0 Å². The van der Waals surface area contributed by atoms with Crippen LogP contribution in [0.3, 0.4) is 0 Å². The van der Waals surface area contributed by atoms with Gasteiger partial charge >= 0.3 is 12.1 Å². The van der Waals surface area contributed by atoms with E-state index in [0.29, 0.717) is 37.7 Å². The van der Waals surface area contributed by atoms with Crippen molar-refractivity contribution in [2.45, 2.75) is 65.1 Å². The van der Waals surface area contributed by atoms with Crippen molar-refractivity contribution in [1.29, 1.82) is 0 Å². The summed E-state index contributed by atoms with van der Waals surface area (Å²) in [5.74, 6) is -0.415. The van der Waals surface area contributed by atoms with Crippen LogP contribution in [0.25, 0.3) is 11.4 Å². The first kappa shape index (κ1) is 34.9. The molecule has 0 radical (unpaired) electrons. The average molecular weight is 645 g/mol. The van der Waals surface area contributed by atoms with Crippen molar-refractivity contribution in [2.75, 3.05) is 38.1 Å². The van der Waals surface area contributed by atoms with Crippen LogP contribution in [0, 0.1) is 0 Å². The zero-order valence-corrected chi connectivity index (χ0v) is 27.5. The topological polar surface area (TPSA) is 143 Å². The first-order chi connectivity index (χ1) is 22.5. The van der Waals surface area contributed by atoms with Crippen LogP contribution in [0.5, 0.6) is 0 Å². The third-order valence-corrected chi connectivity index (χ3v) is 7.32. The maximum atomic E-state index is 13.8. The largest absolute Gasteiger partial charge is 0.460 e. The first-order valence-electron chi connectivity index (χ1n) is 16.0. The molecular weight excluding hydrogens is 600 g/mol. The fraction of sp³-hybridized carbons (Fsp3) is 0.429. The van der Waals surface area contributed by atoms with Gasteiger partial charge in [-0.25, -0.2) is 14.8 Å². The smallest absolute Gasteiger partial charge is 0.409 e. The maximum absolute atomic E-state index is 13.8. The Morgan fingerprint density at radius 1 is 0.894 bits per heavy atom. The number of nitrogens with zero attached hydrogens (tertiary/aromatic N) is 4. The quantitative estimate of drug-likeness (QED) is 0.269. The Morgan fingerprint density at radius 2 is 1.53 bits per heavy atom. The summed E-state index contributed by atoms with van der Waals surface area (Å²) in [4.78, 5) is 64.6. The summed E-state index contributed by atoms with van der Waals surface area (Å²) in [7, 11) is 0. The Balaban J connectivity index is 1.53. The summed E-state index contributed by atoms with van der Waals surface area (Å²) in [5.41, 5.74) is 1.23. The lowest BCUT2D eigenvalue weighted by Crippen LogP contribution is -2.56. The SMILES string of the molecule is CCOC(=O)N1CCN(C(=O)[C@H](CCCC(=O)OC(C)(C)C)NC(=O)c2cc(NCc3ccccc3)nc(-c3ccccc3)n2)CC1. The number of rotatable bonds is 12. The molecule has 1 aliphatic rings. The molecule has 0 aliphatic carbocycles. The predicted octanol–water partition coefficient (Wildman–Crippen LogP) is 4.67. The Bertz CT molecular complexity index is 1500. The molecule has 12 heteroatoms. The molecule has 0 saturated carbocycles. The highest BCUT2D eigenvalue weighted by Gasteiger charge is 2.31. The molecule has 3 amide bonds. The second kappa shape index (κ2) is 16.5. The van der Waals surface area contributed by atoms with Gasteiger partial charge in [-0.15, -0.1) is 0 Å². The number of esters is 1. The van der Waals surface area contributed by atoms with Gasteiger partial charge in [-0.1, -0.05) is 60.7 Å². The number of nitrogens with one attached hydrogen (secondary N) is 2.